The van der Waals surface area contributed by atoms with Crippen LogP contribution in [0.5, 0.6) is 0 Å². The molecular formula is C17H14F4N2O2. The summed E-state index contributed by atoms with van der Waals surface area (Å²) < 4.78 is 53.2. The SMILES string of the molecule is CCN(CC(=O)Nc1c(F)cccc1F)C(=O)c1ccc(F)c(F)c1. The van der Waals surface area contributed by atoms with Gasteiger partial charge >= 0.3 is 0 Å². The van der Waals surface area contributed by atoms with E-state index in [-0.39, 0.29) is 12.1 Å². The van der Waals surface area contributed by atoms with Crippen LogP contribution in [0.3, 0.4) is 0 Å². The maximum Gasteiger partial charge on any atom is 0.254 e. The standard InChI is InChI=1S/C17H14F4N2O2/c1-2-23(17(25)10-6-7-11(18)14(21)8-10)9-15(24)22-16-12(19)4-3-5-13(16)20/h3-8H,2,9H2,1H3,(H,22,24). The number of nitrogens with zero attached hydrogens (tertiary/aromatic N) is 1. The highest BCUT2D eigenvalue weighted by Gasteiger charge is 2.20. The lowest BCUT2D eigenvalue weighted by Gasteiger charge is -2.20. The van der Waals surface area contributed by atoms with Gasteiger partial charge in [0.05, 0.1) is 0 Å². The van der Waals surface area contributed by atoms with Crippen LogP contribution in [0, 0.1) is 23.3 Å². The predicted molar refractivity (Wildman–Crippen MR) is 82.9 cm³/mol. The van der Waals surface area contributed by atoms with Crippen LogP contribution in [0.2, 0.25) is 0 Å². The summed E-state index contributed by atoms with van der Waals surface area (Å²) in [5.41, 5.74) is -0.769. The van der Waals surface area contributed by atoms with Crippen LogP contribution >= 0.6 is 0 Å². The van der Waals surface area contributed by atoms with Gasteiger partial charge in [0, 0.05) is 12.1 Å². The number of rotatable bonds is 5. The molecular weight excluding hydrogens is 340 g/mol. The molecule has 0 atom stereocenters. The first kappa shape index (κ1) is 18.4. The molecule has 132 valence electrons. The molecule has 0 aliphatic carbocycles. The van der Waals surface area contributed by atoms with E-state index >= 15 is 0 Å². The van der Waals surface area contributed by atoms with Gasteiger partial charge in [-0.05, 0) is 37.3 Å². The minimum Gasteiger partial charge on any atom is -0.330 e. The molecule has 0 radical (unpaired) electrons. The highest BCUT2D eigenvalue weighted by atomic mass is 19.2. The van der Waals surface area contributed by atoms with Gasteiger partial charge in [0.1, 0.15) is 23.9 Å². The topological polar surface area (TPSA) is 49.4 Å². The van der Waals surface area contributed by atoms with Crippen molar-refractivity contribution in [3.05, 3.63) is 65.2 Å². The zero-order valence-electron chi connectivity index (χ0n) is 13.2. The Morgan fingerprint density at radius 3 is 2.16 bits per heavy atom. The first-order chi connectivity index (χ1) is 11.8. The lowest BCUT2D eigenvalue weighted by atomic mass is 10.2. The molecule has 0 saturated heterocycles. The Kier molecular flexibility index (Phi) is 5.74. The number of hydrogen-bond acceptors (Lipinski definition) is 2. The van der Waals surface area contributed by atoms with Gasteiger partial charge in [0.25, 0.3) is 5.91 Å². The molecule has 0 unspecified atom stereocenters. The second-order valence-corrected chi connectivity index (χ2v) is 5.09. The van der Waals surface area contributed by atoms with Crippen molar-refractivity contribution in [1.82, 2.24) is 4.90 Å². The summed E-state index contributed by atoms with van der Waals surface area (Å²) in [6.07, 6.45) is 0. The fourth-order valence-corrected chi connectivity index (χ4v) is 2.11. The van der Waals surface area contributed by atoms with Crippen LogP contribution in [-0.2, 0) is 4.79 Å². The van der Waals surface area contributed by atoms with E-state index in [4.69, 9.17) is 0 Å². The zero-order valence-corrected chi connectivity index (χ0v) is 13.2. The first-order valence-corrected chi connectivity index (χ1v) is 7.31. The van der Waals surface area contributed by atoms with Crippen molar-refractivity contribution in [3.63, 3.8) is 0 Å². The van der Waals surface area contributed by atoms with E-state index < -0.39 is 47.3 Å². The molecule has 25 heavy (non-hydrogen) atoms. The number of halogens is 4. The number of anilines is 1. The monoisotopic (exact) mass is 354 g/mol. The second kappa shape index (κ2) is 7.78. The van der Waals surface area contributed by atoms with Gasteiger partial charge in [-0.2, -0.15) is 0 Å². The molecule has 2 aromatic rings. The third-order valence-corrected chi connectivity index (χ3v) is 3.40. The van der Waals surface area contributed by atoms with Crippen molar-refractivity contribution in [3.8, 4) is 0 Å². The number of para-hydroxylation sites is 1. The molecule has 0 heterocycles. The highest BCUT2D eigenvalue weighted by molar-refractivity contribution is 5.99. The Morgan fingerprint density at radius 2 is 1.60 bits per heavy atom. The quantitative estimate of drug-likeness (QED) is 0.838. The fraction of sp³-hybridized carbons (Fsp3) is 0.176. The van der Waals surface area contributed by atoms with Gasteiger partial charge in [-0.3, -0.25) is 9.59 Å². The Hall–Kier alpha value is -2.90. The number of carbonyl (C=O) groups is 2. The van der Waals surface area contributed by atoms with E-state index in [2.05, 4.69) is 5.32 Å². The van der Waals surface area contributed by atoms with Crippen molar-refractivity contribution >= 4 is 17.5 Å². The van der Waals surface area contributed by atoms with Crippen LogP contribution in [-0.4, -0.2) is 29.8 Å². The Labute approximate surface area is 141 Å². The van der Waals surface area contributed by atoms with E-state index in [0.717, 1.165) is 41.3 Å². The molecule has 2 rings (SSSR count). The normalized spacial score (nSPS) is 10.4. The molecule has 2 amide bonds. The van der Waals surface area contributed by atoms with Gasteiger partial charge in [-0.25, -0.2) is 17.6 Å². The summed E-state index contributed by atoms with van der Waals surface area (Å²) in [7, 11) is 0. The van der Waals surface area contributed by atoms with Gasteiger partial charge in [-0.1, -0.05) is 6.07 Å². The summed E-state index contributed by atoms with van der Waals surface area (Å²) in [5, 5.41) is 2.05. The maximum atomic E-state index is 13.5. The lowest BCUT2D eigenvalue weighted by molar-refractivity contribution is -0.116. The Balaban J connectivity index is 2.11. The molecule has 4 nitrogen and oxygen atoms in total. The smallest absolute Gasteiger partial charge is 0.254 e. The molecule has 0 aliphatic rings. The molecule has 0 aliphatic heterocycles. The average Bonchev–Trinajstić information content (AvgIpc) is 2.58. The number of hydrogen-bond donors (Lipinski definition) is 1. The summed E-state index contributed by atoms with van der Waals surface area (Å²) in [6.45, 7) is 1.13. The summed E-state index contributed by atoms with van der Waals surface area (Å²) in [4.78, 5) is 25.3. The van der Waals surface area contributed by atoms with Gasteiger partial charge in [-0.15, -0.1) is 0 Å². The Morgan fingerprint density at radius 1 is 0.960 bits per heavy atom. The molecule has 1 N–H and O–H groups in total. The van der Waals surface area contributed by atoms with Crippen LogP contribution in [0.1, 0.15) is 17.3 Å². The molecule has 2 aromatic carbocycles. The molecule has 0 fully saturated rings. The van der Waals surface area contributed by atoms with Crippen molar-refractivity contribution < 1.29 is 27.2 Å². The van der Waals surface area contributed by atoms with E-state index in [1.165, 1.54) is 0 Å². The predicted octanol–water partition coefficient (Wildman–Crippen LogP) is 3.34. The zero-order chi connectivity index (χ0) is 18.6. The molecule has 0 spiro atoms. The summed E-state index contributed by atoms with van der Waals surface area (Å²) in [5.74, 6) is -5.76. The van der Waals surface area contributed by atoms with Crippen molar-refractivity contribution in [2.24, 2.45) is 0 Å². The van der Waals surface area contributed by atoms with Crippen LogP contribution < -0.4 is 5.32 Å². The van der Waals surface area contributed by atoms with Gasteiger partial charge in [0.2, 0.25) is 5.91 Å². The van der Waals surface area contributed by atoms with Crippen LogP contribution in [0.4, 0.5) is 23.2 Å². The number of likely N-dealkylation sites (N-methyl/N-ethyl adjacent to an activating group) is 1. The molecule has 8 heteroatoms. The third-order valence-electron chi connectivity index (χ3n) is 3.40. The minimum atomic E-state index is -1.19. The largest absolute Gasteiger partial charge is 0.330 e. The summed E-state index contributed by atoms with van der Waals surface area (Å²) in [6, 6.07) is 5.69. The first-order valence-electron chi connectivity index (χ1n) is 7.31. The van der Waals surface area contributed by atoms with Gasteiger partial charge in [0.15, 0.2) is 11.6 Å². The molecule has 0 bridgehead atoms. The van der Waals surface area contributed by atoms with E-state index in [1.54, 1.807) is 6.92 Å². The van der Waals surface area contributed by atoms with Crippen LogP contribution in [0.25, 0.3) is 0 Å². The van der Waals surface area contributed by atoms with Gasteiger partial charge < -0.3 is 10.2 Å². The van der Waals surface area contributed by atoms with E-state index in [0.29, 0.717) is 0 Å². The van der Waals surface area contributed by atoms with Crippen molar-refractivity contribution in [2.45, 2.75) is 6.92 Å². The number of carbonyl (C=O) groups excluding carboxylic acids is 2. The van der Waals surface area contributed by atoms with Crippen LogP contribution in [0.15, 0.2) is 36.4 Å². The molecule has 0 saturated carbocycles. The fourth-order valence-electron chi connectivity index (χ4n) is 2.11. The number of benzene rings is 2. The Bertz CT molecular complexity index is 791. The summed E-state index contributed by atoms with van der Waals surface area (Å²) >= 11 is 0. The van der Waals surface area contributed by atoms with E-state index in [1.807, 2.05) is 0 Å². The second-order valence-electron chi connectivity index (χ2n) is 5.09. The average molecular weight is 354 g/mol. The van der Waals surface area contributed by atoms with Crippen molar-refractivity contribution in [2.75, 3.05) is 18.4 Å². The minimum absolute atomic E-state index is 0.0744. The number of nitrogens with one attached hydrogen (secondary N) is 1. The highest BCUT2D eigenvalue weighted by Crippen LogP contribution is 2.18. The third kappa shape index (κ3) is 4.34. The molecule has 0 aromatic heterocycles. The lowest BCUT2D eigenvalue weighted by Crippen LogP contribution is -2.38. The van der Waals surface area contributed by atoms with Crippen molar-refractivity contribution in [1.29, 1.82) is 0 Å². The maximum absolute atomic E-state index is 13.5. The number of amides is 2. The van der Waals surface area contributed by atoms with E-state index in [9.17, 15) is 27.2 Å².